The Morgan fingerprint density at radius 2 is 2.30 bits per heavy atom. The van der Waals surface area contributed by atoms with Crippen molar-refractivity contribution in [3.63, 3.8) is 0 Å². The molecule has 0 fully saturated rings. The molecule has 0 rings (SSSR count). The van der Waals surface area contributed by atoms with Crippen molar-refractivity contribution in [3.8, 4) is 0 Å². The van der Waals surface area contributed by atoms with Crippen molar-refractivity contribution in [1.29, 1.82) is 0 Å². The van der Waals surface area contributed by atoms with Gasteiger partial charge in [0.05, 0.1) is 6.61 Å². The minimum absolute atomic E-state index is 0.123. The van der Waals surface area contributed by atoms with Gasteiger partial charge in [-0.05, 0) is 6.08 Å². The molecule has 0 aromatic heterocycles. The Labute approximate surface area is 57.0 Å². The van der Waals surface area contributed by atoms with Gasteiger partial charge in [-0.3, -0.25) is 0 Å². The highest BCUT2D eigenvalue weighted by Crippen LogP contribution is 1.90. The molecule has 0 radical (unpaired) electrons. The number of rotatable bonds is 3. The van der Waals surface area contributed by atoms with Gasteiger partial charge in [0.25, 0.3) is 0 Å². The van der Waals surface area contributed by atoms with Crippen LogP contribution in [0.2, 0.25) is 0 Å². The van der Waals surface area contributed by atoms with Gasteiger partial charge in [-0.25, -0.2) is 9.18 Å². The molecule has 4 nitrogen and oxygen atoms in total. The van der Waals surface area contributed by atoms with Crippen LogP contribution in [0.3, 0.4) is 0 Å². The molecule has 10 heavy (non-hydrogen) atoms. The number of carboxylic acid groups (broad SMARTS) is 1. The molecule has 0 saturated carbocycles. The summed E-state index contributed by atoms with van der Waals surface area (Å²) in [6.07, 6.45) is -0.268. The molecule has 1 amide bonds. The van der Waals surface area contributed by atoms with Crippen LogP contribution in [0.5, 0.6) is 0 Å². The molecule has 0 aliphatic rings. The van der Waals surface area contributed by atoms with Crippen molar-refractivity contribution in [2.24, 2.45) is 0 Å². The average molecular weight is 149 g/mol. The van der Waals surface area contributed by atoms with E-state index in [0.29, 0.717) is 0 Å². The first kappa shape index (κ1) is 8.90. The predicted molar refractivity (Wildman–Crippen MR) is 32.3 cm³/mol. The van der Waals surface area contributed by atoms with E-state index in [1.165, 1.54) is 0 Å². The van der Waals surface area contributed by atoms with E-state index in [1.54, 1.807) is 0 Å². The second-order valence-corrected chi connectivity index (χ2v) is 1.50. The van der Waals surface area contributed by atoms with Crippen LogP contribution in [0.15, 0.2) is 11.9 Å². The summed E-state index contributed by atoms with van der Waals surface area (Å²) >= 11 is 0. The van der Waals surface area contributed by atoms with E-state index in [9.17, 15) is 9.18 Å². The van der Waals surface area contributed by atoms with E-state index in [-0.39, 0.29) is 6.54 Å². The third kappa shape index (κ3) is 5.04. The summed E-state index contributed by atoms with van der Waals surface area (Å²) < 4.78 is 12.0. The maximum atomic E-state index is 12.0. The number of aliphatic hydroxyl groups is 1. The fourth-order valence-electron chi connectivity index (χ4n) is 0.314. The largest absolute Gasteiger partial charge is 0.465 e. The molecule has 0 atom stereocenters. The van der Waals surface area contributed by atoms with Crippen molar-refractivity contribution < 1.29 is 19.4 Å². The standard InChI is InChI=1S/C5H8FNO3/c6-4(3-8)1-2-7-5(9)10/h1,7-8H,2-3H2,(H,9,10)/b4-1-. The van der Waals surface area contributed by atoms with Gasteiger partial charge >= 0.3 is 6.09 Å². The van der Waals surface area contributed by atoms with Crippen molar-refractivity contribution in [3.05, 3.63) is 11.9 Å². The van der Waals surface area contributed by atoms with Gasteiger partial charge < -0.3 is 15.5 Å². The summed E-state index contributed by atoms with van der Waals surface area (Å²) in [7, 11) is 0. The lowest BCUT2D eigenvalue weighted by atomic mass is 10.5. The third-order valence-electron chi connectivity index (χ3n) is 0.728. The Hall–Kier alpha value is -1.10. The smallest absolute Gasteiger partial charge is 0.404 e. The highest BCUT2D eigenvalue weighted by molar-refractivity contribution is 5.64. The van der Waals surface area contributed by atoms with Crippen LogP contribution in [-0.2, 0) is 0 Å². The van der Waals surface area contributed by atoms with E-state index < -0.39 is 18.5 Å². The van der Waals surface area contributed by atoms with Crippen LogP contribution in [-0.4, -0.2) is 29.5 Å². The molecule has 0 unspecified atom stereocenters. The molecule has 0 aliphatic heterocycles. The van der Waals surface area contributed by atoms with E-state index in [2.05, 4.69) is 0 Å². The number of amides is 1. The Morgan fingerprint density at radius 3 is 2.70 bits per heavy atom. The van der Waals surface area contributed by atoms with Gasteiger partial charge in [-0.2, -0.15) is 0 Å². The molecule has 5 heteroatoms. The molecular weight excluding hydrogens is 141 g/mol. The van der Waals surface area contributed by atoms with E-state index >= 15 is 0 Å². The molecule has 0 bridgehead atoms. The monoisotopic (exact) mass is 149 g/mol. The highest BCUT2D eigenvalue weighted by Gasteiger charge is 1.92. The van der Waals surface area contributed by atoms with Crippen molar-refractivity contribution >= 4 is 6.09 Å². The Kier molecular flexibility index (Phi) is 4.23. The number of aliphatic hydroxyl groups excluding tert-OH is 1. The maximum absolute atomic E-state index is 12.0. The lowest BCUT2D eigenvalue weighted by Crippen LogP contribution is -2.20. The summed E-state index contributed by atoms with van der Waals surface area (Å²) in [4.78, 5) is 9.74. The van der Waals surface area contributed by atoms with Gasteiger partial charge in [0.1, 0.15) is 5.83 Å². The summed E-state index contributed by atoms with van der Waals surface area (Å²) in [6, 6.07) is 0. The average Bonchev–Trinajstić information content (AvgIpc) is 1.87. The number of halogens is 1. The molecule has 0 saturated heterocycles. The molecule has 0 spiro atoms. The maximum Gasteiger partial charge on any atom is 0.404 e. The number of hydrogen-bond acceptors (Lipinski definition) is 2. The number of carbonyl (C=O) groups is 1. The fraction of sp³-hybridized carbons (Fsp3) is 0.400. The molecule has 0 aromatic carbocycles. The summed E-state index contributed by atoms with van der Waals surface area (Å²) in [5.41, 5.74) is 0. The number of hydrogen-bond donors (Lipinski definition) is 3. The van der Waals surface area contributed by atoms with Crippen LogP contribution in [0.4, 0.5) is 9.18 Å². The van der Waals surface area contributed by atoms with Crippen molar-refractivity contribution in [1.82, 2.24) is 5.32 Å². The Bertz CT molecular complexity index is 146. The fourth-order valence-corrected chi connectivity index (χ4v) is 0.314. The molecule has 0 aliphatic carbocycles. The van der Waals surface area contributed by atoms with E-state index in [4.69, 9.17) is 10.2 Å². The van der Waals surface area contributed by atoms with Gasteiger partial charge in [0.2, 0.25) is 0 Å². The number of nitrogens with one attached hydrogen (secondary N) is 1. The second kappa shape index (κ2) is 4.75. The van der Waals surface area contributed by atoms with Gasteiger partial charge in [0, 0.05) is 6.54 Å². The van der Waals surface area contributed by atoms with Gasteiger partial charge in [-0.1, -0.05) is 0 Å². The topological polar surface area (TPSA) is 69.6 Å². The quantitative estimate of drug-likeness (QED) is 0.533. The van der Waals surface area contributed by atoms with Crippen LogP contribution in [0.25, 0.3) is 0 Å². The zero-order chi connectivity index (χ0) is 7.98. The van der Waals surface area contributed by atoms with Gasteiger partial charge in [0.15, 0.2) is 0 Å². The first-order chi connectivity index (χ1) is 4.66. The predicted octanol–water partition coefficient (Wildman–Crippen LogP) is 0.0997. The molecular formula is C5H8FNO3. The van der Waals surface area contributed by atoms with Crippen molar-refractivity contribution in [2.75, 3.05) is 13.2 Å². The van der Waals surface area contributed by atoms with Crippen LogP contribution in [0.1, 0.15) is 0 Å². The summed E-state index contributed by atoms with van der Waals surface area (Å²) in [6.45, 7) is -0.816. The molecule has 0 aromatic rings. The minimum Gasteiger partial charge on any atom is -0.465 e. The van der Waals surface area contributed by atoms with Gasteiger partial charge in [-0.15, -0.1) is 0 Å². The molecule has 0 heterocycles. The zero-order valence-electron chi connectivity index (χ0n) is 5.17. The first-order valence-electron chi connectivity index (χ1n) is 2.59. The lowest BCUT2D eigenvalue weighted by Gasteiger charge is -1.93. The van der Waals surface area contributed by atoms with Crippen LogP contribution < -0.4 is 5.32 Å². The van der Waals surface area contributed by atoms with E-state index in [0.717, 1.165) is 6.08 Å². The molecule has 58 valence electrons. The first-order valence-corrected chi connectivity index (χ1v) is 2.59. The Morgan fingerprint density at radius 1 is 1.70 bits per heavy atom. The SMILES string of the molecule is O=C(O)NC/C=C(\F)CO. The normalized spacial score (nSPS) is 11.2. The lowest BCUT2D eigenvalue weighted by molar-refractivity contribution is 0.195. The molecule has 3 N–H and O–H groups in total. The third-order valence-corrected chi connectivity index (χ3v) is 0.728. The second-order valence-electron chi connectivity index (χ2n) is 1.50. The van der Waals surface area contributed by atoms with Crippen molar-refractivity contribution in [2.45, 2.75) is 0 Å². The van der Waals surface area contributed by atoms with E-state index in [1.807, 2.05) is 5.32 Å². The minimum atomic E-state index is -1.22. The zero-order valence-corrected chi connectivity index (χ0v) is 5.17. The summed E-state index contributed by atoms with van der Waals surface area (Å²) in [5.74, 6) is -0.742. The highest BCUT2D eigenvalue weighted by atomic mass is 19.1. The summed E-state index contributed by atoms with van der Waals surface area (Å²) in [5, 5.41) is 18.0. The Balaban J connectivity index is 3.43. The van der Waals surface area contributed by atoms with Crippen LogP contribution in [0, 0.1) is 0 Å². The van der Waals surface area contributed by atoms with Crippen LogP contribution >= 0.6 is 0 Å².